The Bertz CT molecular complexity index is 298. The zero-order valence-electron chi connectivity index (χ0n) is 7.08. The van der Waals surface area contributed by atoms with E-state index >= 15 is 0 Å². The van der Waals surface area contributed by atoms with Crippen LogP contribution in [0.5, 0.6) is 0 Å². The van der Waals surface area contributed by atoms with Gasteiger partial charge in [0.2, 0.25) is 5.01 Å². The Labute approximate surface area is 81.3 Å². The molecule has 1 N–H and O–H groups in total. The van der Waals surface area contributed by atoms with Crippen molar-refractivity contribution < 1.29 is 23.0 Å². The third-order valence-corrected chi connectivity index (χ3v) is 2.47. The largest absolute Gasteiger partial charge is 0.445 e. The van der Waals surface area contributed by atoms with Gasteiger partial charge in [-0.3, -0.25) is 0 Å². The highest BCUT2D eigenvalue weighted by Crippen LogP contribution is 2.33. The summed E-state index contributed by atoms with van der Waals surface area (Å²) in [7, 11) is 1.27. The van der Waals surface area contributed by atoms with Gasteiger partial charge in [0.1, 0.15) is 11.1 Å². The molecule has 0 aromatic carbocycles. The highest BCUT2D eigenvalue weighted by Gasteiger charge is 2.36. The quantitative estimate of drug-likeness (QED) is 0.845. The van der Waals surface area contributed by atoms with Crippen molar-refractivity contribution in [2.24, 2.45) is 0 Å². The van der Waals surface area contributed by atoms with Gasteiger partial charge in [-0.2, -0.15) is 13.2 Å². The van der Waals surface area contributed by atoms with Crippen LogP contribution in [0.4, 0.5) is 13.2 Å². The lowest BCUT2D eigenvalue weighted by Gasteiger charge is -2.06. The van der Waals surface area contributed by atoms with Crippen LogP contribution < -0.4 is 0 Å². The Morgan fingerprint density at radius 2 is 2.14 bits per heavy atom. The van der Waals surface area contributed by atoms with Crippen molar-refractivity contribution in [3.63, 3.8) is 0 Å². The molecule has 1 aromatic heterocycles. The van der Waals surface area contributed by atoms with Gasteiger partial charge < -0.3 is 9.84 Å². The van der Waals surface area contributed by atoms with Crippen molar-refractivity contribution in [3.8, 4) is 0 Å². The summed E-state index contributed by atoms with van der Waals surface area (Å²) >= 11 is 0.365. The van der Waals surface area contributed by atoms with E-state index in [9.17, 15) is 13.2 Å². The molecule has 0 aliphatic carbocycles. The molecule has 1 rings (SSSR count). The van der Waals surface area contributed by atoms with E-state index in [1.165, 1.54) is 7.11 Å². The molecule has 14 heavy (non-hydrogen) atoms. The maximum atomic E-state index is 12.1. The number of nitrogens with zero attached hydrogens (tertiary/aromatic N) is 2. The number of aliphatic hydroxyl groups excluding tert-OH is 1. The molecule has 8 heteroatoms. The van der Waals surface area contributed by atoms with Gasteiger partial charge in [0, 0.05) is 7.11 Å². The van der Waals surface area contributed by atoms with E-state index in [0.717, 1.165) is 0 Å². The van der Waals surface area contributed by atoms with E-state index in [0.29, 0.717) is 11.3 Å². The summed E-state index contributed by atoms with van der Waals surface area (Å²) in [5, 5.41) is 13.9. The predicted octanol–water partition coefficient (Wildman–Crippen LogP) is 1.24. The second-order valence-corrected chi connectivity index (χ2v) is 3.36. The Balaban J connectivity index is 2.87. The number of hydrogen-bond acceptors (Lipinski definition) is 5. The van der Waals surface area contributed by atoms with Gasteiger partial charge in [0.15, 0.2) is 0 Å². The highest BCUT2D eigenvalue weighted by molar-refractivity contribution is 7.11. The van der Waals surface area contributed by atoms with Crippen LogP contribution in [0.2, 0.25) is 0 Å². The normalized spacial score (nSPS) is 14.4. The summed E-state index contributed by atoms with van der Waals surface area (Å²) in [5.41, 5.74) is 0. The Hall–Kier alpha value is -0.730. The van der Waals surface area contributed by atoms with E-state index in [-0.39, 0.29) is 5.01 Å². The maximum Gasteiger partial charge on any atom is 0.445 e. The molecule has 0 radical (unpaired) electrons. The third-order valence-electron chi connectivity index (χ3n) is 1.41. The smallest absolute Gasteiger partial charge is 0.393 e. The summed E-state index contributed by atoms with van der Waals surface area (Å²) in [5.74, 6) is 0. The zero-order chi connectivity index (χ0) is 10.8. The van der Waals surface area contributed by atoms with Crippen molar-refractivity contribution in [1.29, 1.82) is 0 Å². The molecule has 0 amide bonds. The number of halogens is 3. The molecule has 0 aliphatic rings. The highest BCUT2D eigenvalue weighted by atomic mass is 32.1. The maximum absolute atomic E-state index is 12.1. The van der Waals surface area contributed by atoms with E-state index in [4.69, 9.17) is 9.84 Å². The SMILES string of the molecule is COC(CO)c1nnc(C(F)(F)F)s1. The van der Waals surface area contributed by atoms with Gasteiger partial charge in [0.25, 0.3) is 0 Å². The fourth-order valence-corrected chi connectivity index (χ4v) is 1.51. The molecule has 80 valence electrons. The van der Waals surface area contributed by atoms with Gasteiger partial charge in [-0.1, -0.05) is 11.3 Å². The molecule has 0 aliphatic heterocycles. The number of aliphatic hydroxyl groups is 1. The number of aromatic nitrogens is 2. The standard InChI is InChI=1S/C6H7F3N2O2S/c1-13-3(2-12)4-10-11-5(14-4)6(7,8)9/h3,12H,2H2,1H3. The molecule has 0 saturated carbocycles. The molecule has 0 spiro atoms. The molecular formula is C6H7F3N2O2S. The first kappa shape index (κ1) is 11.3. The average molecular weight is 228 g/mol. The summed E-state index contributed by atoms with van der Waals surface area (Å²) in [6, 6.07) is 0. The second kappa shape index (κ2) is 4.20. The van der Waals surface area contributed by atoms with Crippen molar-refractivity contribution in [3.05, 3.63) is 10.0 Å². The third kappa shape index (κ3) is 2.40. The van der Waals surface area contributed by atoms with Crippen LogP contribution in [-0.2, 0) is 10.9 Å². The van der Waals surface area contributed by atoms with Gasteiger partial charge in [-0.25, -0.2) is 0 Å². The van der Waals surface area contributed by atoms with Crippen LogP contribution in [0.1, 0.15) is 16.1 Å². The van der Waals surface area contributed by atoms with Gasteiger partial charge in [0.05, 0.1) is 6.61 Å². The van der Waals surface area contributed by atoms with Crippen LogP contribution in [-0.4, -0.2) is 29.0 Å². The Morgan fingerprint density at radius 3 is 2.50 bits per heavy atom. The Kier molecular flexibility index (Phi) is 3.40. The van der Waals surface area contributed by atoms with Crippen LogP contribution in [0.15, 0.2) is 0 Å². The van der Waals surface area contributed by atoms with Crippen molar-refractivity contribution >= 4 is 11.3 Å². The number of alkyl halides is 3. The fraction of sp³-hybridized carbons (Fsp3) is 0.667. The second-order valence-electron chi connectivity index (χ2n) is 2.35. The molecule has 0 fully saturated rings. The fourth-order valence-electron chi connectivity index (χ4n) is 0.733. The van der Waals surface area contributed by atoms with Crippen LogP contribution in [0.25, 0.3) is 0 Å². The molecule has 1 unspecified atom stereocenters. The summed E-state index contributed by atoms with van der Waals surface area (Å²) in [6.45, 7) is -0.428. The van der Waals surface area contributed by atoms with Gasteiger partial charge in [-0.05, 0) is 0 Å². The molecule has 1 heterocycles. The molecule has 0 bridgehead atoms. The minimum Gasteiger partial charge on any atom is -0.393 e. The van der Waals surface area contributed by atoms with E-state index in [2.05, 4.69) is 10.2 Å². The van der Waals surface area contributed by atoms with Gasteiger partial charge in [-0.15, -0.1) is 10.2 Å². The van der Waals surface area contributed by atoms with E-state index in [1.54, 1.807) is 0 Å². The van der Waals surface area contributed by atoms with Crippen molar-refractivity contribution in [2.45, 2.75) is 12.3 Å². The molecule has 1 aromatic rings. The minimum atomic E-state index is -4.50. The monoisotopic (exact) mass is 228 g/mol. The van der Waals surface area contributed by atoms with E-state index in [1.807, 2.05) is 0 Å². The lowest BCUT2D eigenvalue weighted by atomic mass is 10.4. The predicted molar refractivity (Wildman–Crippen MR) is 41.7 cm³/mol. The van der Waals surface area contributed by atoms with Crippen LogP contribution in [0, 0.1) is 0 Å². The summed E-state index contributed by atoms with van der Waals surface area (Å²) in [6.07, 6.45) is -5.34. The average Bonchev–Trinajstić information content (AvgIpc) is 2.54. The lowest BCUT2D eigenvalue weighted by Crippen LogP contribution is -2.05. The number of methoxy groups -OCH3 is 1. The zero-order valence-corrected chi connectivity index (χ0v) is 7.89. The molecule has 0 saturated heterocycles. The molecular weight excluding hydrogens is 221 g/mol. The molecule has 4 nitrogen and oxygen atoms in total. The first-order chi connectivity index (χ1) is 6.49. The first-order valence-corrected chi connectivity index (χ1v) is 4.35. The van der Waals surface area contributed by atoms with Crippen molar-refractivity contribution in [1.82, 2.24) is 10.2 Å². The summed E-state index contributed by atoms with van der Waals surface area (Å²) in [4.78, 5) is 0. The Morgan fingerprint density at radius 1 is 1.50 bits per heavy atom. The number of rotatable bonds is 3. The number of hydrogen-bond donors (Lipinski definition) is 1. The number of ether oxygens (including phenoxy) is 1. The minimum absolute atomic E-state index is 0.0160. The van der Waals surface area contributed by atoms with Crippen LogP contribution in [0.3, 0.4) is 0 Å². The first-order valence-electron chi connectivity index (χ1n) is 3.53. The van der Waals surface area contributed by atoms with Crippen molar-refractivity contribution in [2.75, 3.05) is 13.7 Å². The van der Waals surface area contributed by atoms with Gasteiger partial charge >= 0.3 is 6.18 Å². The topological polar surface area (TPSA) is 55.2 Å². The van der Waals surface area contributed by atoms with Crippen LogP contribution >= 0.6 is 11.3 Å². The van der Waals surface area contributed by atoms with E-state index < -0.39 is 23.9 Å². The lowest BCUT2D eigenvalue weighted by molar-refractivity contribution is -0.138. The molecule has 1 atom stereocenters. The summed E-state index contributed by atoms with van der Waals surface area (Å²) < 4.78 is 40.9.